The molecule has 0 fully saturated rings. The predicted octanol–water partition coefficient (Wildman–Crippen LogP) is 5.25. The Morgan fingerprint density at radius 3 is 2.72 bits per heavy atom. The largest absolute Gasteiger partial charge is 0.437 e. The van der Waals surface area contributed by atoms with Crippen molar-refractivity contribution in [3.8, 4) is 0 Å². The topological polar surface area (TPSA) is 87.0 Å². The fourth-order valence-electron chi connectivity index (χ4n) is 2.90. The van der Waals surface area contributed by atoms with Gasteiger partial charge in [-0.3, -0.25) is 10.1 Å². The van der Waals surface area contributed by atoms with Crippen LogP contribution in [0, 0.1) is 22.9 Å². The molecule has 0 aliphatic rings. The van der Waals surface area contributed by atoms with Gasteiger partial charge in [0.2, 0.25) is 5.89 Å². The Bertz CT molecular complexity index is 1240. The van der Waals surface area contributed by atoms with Crippen molar-refractivity contribution in [2.75, 3.05) is 0 Å². The van der Waals surface area contributed by atoms with E-state index in [1.165, 1.54) is 30.3 Å². The van der Waals surface area contributed by atoms with Crippen LogP contribution in [0.15, 0.2) is 46.9 Å². The zero-order valence-corrected chi connectivity index (χ0v) is 15.9. The van der Waals surface area contributed by atoms with Crippen LogP contribution in [-0.2, 0) is 6.54 Å². The number of nitro groups is 1. The number of halogens is 2. The summed E-state index contributed by atoms with van der Waals surface area (Å²) >= 11 is 6.46. The molecule has 0 N–H and O–H groups in total. The van der Waals surface area contributed by atoms with Crippen LogP contribution in [-0.4, -0.2) is 19.7 Å². The third-order valence-corrected chi connectivity index (χ3v) is 4.74. The van der Waals surface area contributed by atoms with E-state index in [0.717, 1.165) is 5.56 Å². The quantitative estimate of drug-likeness (QED) is 0.330. The van der Waals surface area contributed by atoms with Crippen LogP contribution in [0.4, 0.5) is 10.1 Å². The molecule has 2 aromatic heterocycles. The van der Waals surface area contributed by atoms with Gasteiger partial charge in [-0.2, -0.15) is 5.10 Å². The third-order valence-electron chi connectivity index (χ3n) is 4.35. The zero-order valence-electron chi connectivity index (χ0n) is 15.2. The molecule has 9 heteroatoms. The maximum absolute atomic E-state index is 13.1. The van der Waals surface area contributed by atoms with Crippen LogP contribution >= 0.6 is 11.6 Å². The molecule has 0 amide bonds. The first kappa shape index (κ1) is 18.8. The number of nitro benzene ring substituents is 1. The number of hydrogen-bond donors (Lipinski definition) is 0. The first-order chi connectivity index (χ1) is 13.9. The Balaban J connectivity index is 1.59. The molecule has 0 unspecified atom stereocenters. The average molecular weight is 413 g/mol. The van der Waals surface area contributed by atoms with Crippen LogP contribution in [0.25, 0.3) is 23.3 Å². The lowest BCUT2D eigenvalue weighted by molar-refractivity contribution is -0.384. The Labute approximate surface area is 169 Å². The molecule has 7 nitrogen and oxygen atoms in total. The van der Waals surface area contributed by atoms with Crippen molar-refractivity contribution in [3.63, 3.8) is 0 Å². The predicted molar refractivity (Wildman–Crippen MR) is 107 cm³/mol. The molecule has 0 bridgehead atoms. The summed E-state index contributed by atoms with van der Waals surface area (Å²) in [6, 6.07) is 10.4. The van der Waals surface area contributed by atoms with Crippen LogP contribution in [0.2, 0.25) is 5.15 Å². The molecular formula is C20H14ClFN4O3. The lowest BCUT2D eigenvalue weighted by Crippen LogP contribution is -2.02. The summed E-state index contributed by atoms with van der Waals surface area (Å²) in [4.78, 5) is 14.6. The van der Waals surface area contributed by atoms with Crippen molar-refractivity contribution >= 4 is 40.5 Å². The number of rotatable bonds is 5. The van der Waals surface area contributed by atoms with Gasteiger partial charge in [0.25, 0.3) is 5.69 Å². The van der Waals surface area contributed by atoms with Gasteiger partial charge in [0.15, 0.2) is 5.58 Å². The molecule has 29 heavy (non-hydrogen) atoms. The van der Waals surface area contributed by atoms with E-state index >= 15 is 0 Å². The molecule has 2 heterocycles. The van der Waals surface area contributed by atoms with E-state index in [4.69, 9.17) is 16.0 Å². The highest BCUT2D eigenvalue weighted by molar-refractivity contribution is 6.31. The smallest absolute Gasteiger partial charge is 0.271 e. The van der Waals surface area contributed by atoms with Crippen molar-refractivity contribution in [2.45, 2.75) is 13.5 Å². The Kier molecular flexibility index (Phi) is 4.85. The molecule has 0 atom stereocenters. The number of hydrogen-bond acceptors (Lipinski definition) is 5. The van der Waals surface area contributed by atoms with Crippen molar-refractivity contribution in [3.05, 3.63) is 86.3 Å². The van der Waals surface area contributed by atoms with Crippen LogP contribution < -0.4 is 0 Å². The van der Waals surface area contributed by atoms with Crippen LogP contribution in [0.3, 0.4) is 0 Å². The number of nitrogens with zero attached hydrogens (tertiary/aromatic N) is 4. The second kappa shape index (κ2) is 7.48. The highest BCUT2D eigenvalue weighted by atomic mass is 35.5. The van der Waals surface area contributed by atoms with E-state index < -0.39 is 4.92 Å². The highest BCUT2D eigenvalue weighted by Gasteiger charge is 2.13. The summed E-state index contributed by atoms with van der Waals surface area (Å²) in [6.45, 7) is 2.22. The normalized spacial score (nSPS) is 11.6. The van der Waals surface area contributed by atoms with Gasteiger partial charge in [-0.1, -0.05) is 23.7 Å². The summed E-state index contributed by atoms with van der Waals surface area (Å²) in [6.07, 6.45) is 3.36. The molecular weight excluding hydrogens is 399 g/mol. The van der Waals surface area contributed by atoms with Gasteiger partial charge in [-0.05, 0) is 36.8 Å². The van der Waals surface area contributed by atoms with E-state index in [2.05, 4.69) is 10.1 Å². The second-order valence-electron chi connectivity index (χ2n) is 6.37. The molecule has 0 spiro atoms. The van der Waals surface area contributed by atoms with Crippen molar-refractivity contribution in [1.29, 1.82) is 0 Å². The first-order valence-electron chi connectivity index (χ1n) is 8.61. The van der Waals surface area contributed by atoms with Crippen LogP contribution in [0.1, 0.15) is 22.7 Å². The van der Waals surface area contributed by atoms with Gasteiger partial charge in [0.05, 0.1) is 17.2 Å². The summed E-state index contributed by atoms with van der Waals surface area (Å²) in [5, 5.41) is 15.7. The molecule has 146 valence electrons. The van der Waals surface area contributed by atoms with Crippen LogP contribution in [0.5, 0.6) is 0 Å². The summed E-state index contributed by atoms with van der Waals surface area (Å²) < 4.78 is 20.3. The van der Waals surface area contributed by atoms with E-state index in [-0.39, 0.29) is 11.5 Å². The molecule has 0 aliphatic heterocycles. The Morgan fingerprint density at radius 1 is 1.24 bits per heavy atom. The van der Waals surface area contributed by atoms with E-state index in [1.54, 1.807) is 29.0 Å². The standard InChI is InChI=1S/C20H14ClFN4O3/c1-12-16(20(21)25(24-12)11-13-2-4-14(22)5-3-13)7-9-19-23-17-10-15(26(27)28)6-8-18(17)29-19/h2-10H,11H2,1H3/b9-7+. The second-order valence-corrected chi connectivity index (χ2v) is 6.73. The van der Waals surface area contributed by atoms with Gasteiger partial charge in [0, 0.05) is 23.8 Å². The van der Waals surface area contributed by atoms with Crippen molar-refractivity contribution in [1.82, 2.24) is 14.8 Å². The fourth-order valence-corrected chi connectivity index (χ4v) is 3.19. The molecule has 0 aliphatic carbocycles. The SMILES string of the molecule is Cc1nn(Cc2ccc(F)cc2)c(Cl)c1/C=C/c1nc2cc([N+](=O)[O-])ccc2o1. The summed E-state index contributed by atoms with van der Waals surface area (Å²) in [5.74, 6) is -0.00830. The first-order valence-corrected chi connectivity index (χ1v) is 8.99. The minimum Gasteiger partial charge on any atom is -0.437 e. The maximum atomic E-state index is 13.1. The molecule has 0 radical (unpaired) electrons. The Hall–Kier alpha value is -3.52. The average Bonchev–Trinajstić information content (AvgIpc) is 3.21. The monoisotopic (exact) mass is 412 g/mol. The molecule has 4 rings (SSSR count). The minimum atomic E-state index is -0.484. The maximum Gasteiger partial charge on any atom is 0.271 e. The third kappa shape index (κ3) is 3.88. The Morgan fingerprint density at radius 2 is 2.00 bits per heavy atom. The lowest BCUT2D eigenvalue weighted by atomic mass is 10.2. The highest BCUT2D eigenvalue weighted by Crippen LogP contribution is 2.25. The summed E-state index contributed by atoms with van der Waals surface area (Å²) in [5.41, 5.74) is 3.06. The zero-order chi connectivity index (χ0) is 20.5. The molecule has 2 aromatic carbocycles. The molecule has 0 saturated carbocycles. The van der Waals surface area contributed by atoms with E-state index in [1.807, 2.05) is 6.92 Å². The van der Waals surface area contributed by atoms with Gasteiger partial charge >= 0.3 is 0 Å². The number of fused-ring (bicyclic) bond motifs is 1. The van der Waals surface area contributed by atoms with Crippen molar-refractivity contribution in [2.24, 2.45) is 0 Å². The fraction of sp³-hybridized carbons (Fsp3) is 0.100. The summed E-state index contributed by atoms with van der Waals surface area (Å²) in [7, 11) is 0. The number of oxazole rings is 1. The van der Waals surface area contributed by atoms with Gasteiger partial charge in [0.1, 0.15) is 16.5 Å². The van der Waals surface area contributed by atoms with E-state index in [9.17, 15) is 14.5 Å². The minimum absolute atomic E-state index is 0.0534. The van der Waals surface area contributed by atoms with Gasteiger partial charge in [-0.15, -0.1) is 0 Å². The number of benzene rings is 2. The van der Waals surface area contributed by atoms with Gasteiger partial charge < -0.3 is 4.42 Å². The van der Waals surface area contributed by atoms with Gasteiger partial charge in [-0.25, -0.2) is 14.1 Å². The molecule has 0 saturated heterocycles. The number of aromatic nitrogens is 3. The number of aryl methyl sites for hydroxylation is 1. The number of non-ortho nitro benzene ring substituents is 1. The van der Waals surface area contributed by atoms with Crippen molar-refractivity contribution < 1.29 is 13.7 Å². The lowest BCUT2D eigenvalue weighted by Gasteiger charge is -2.03. The van der Waals surface area contributed by atoms with E-state index in [0.29, 0.717) is 39.9 Å². The molecule has 4 aromatic rings.